The Morgan fingerprint density at radius 1 is 1.19 bits per heavy atom. The molecule has 0 radical (unpaired) electrons. The van der Waals surface area contributed by atoms with Gasteiger partial charge < -0.3 is 14.6 Å². The van der Waals surface area contributed by atoms with E-state index in [9.17, 15) is 9.90 Å². The normalized spacial score (nSPS) is 11.0. The van der Waals surface area contributed by atoms with Gasteiger partial charge in [0, 0.05) is 28.6 Å². The number of pyridine rings is 1. The lowest BCUT2D eigenvalue weighted by Crippen LogP contribution is -1.98. The molecule has 0 saturated carbocycles. The molecule has 1 heterocycles. The van der Waals surface area contributed by atoms with E-state index in [1.807, 2.05) is 30.3 Å². The quantitative estimate of drug-likeness (QED) is 0.552. The van der Waals surface area contributed by atoms with Gasteiger partial charge in [-0.15, -0.1) is 0 Å². The number of phenolic OH excluding ortho intramolecular Hbond substituents is 1. The van der Waals surface area contributed by atoms with Crippen LogP contribution in [0.1, 0.15) is 12.5 Å². The average molecular weight is 349 g/mol. The van der Waals surface area contributed by atoms with E-state index in [0.717, 1.165) is 22.1 Å². The van der Waals surface area contributed by atoms with Crippen LogP contribution >= 0.6 is 0 Å². The van der Waals surface area contributed by atoms with E-state index in [0.29, 0.717) is 17.9 Å². The van der Waals surface area contributed by atoms with Crippen LogP contribution in [0.5, 0.6) is 11.6 Å². The molecule has 0 saturated heterocycles. The van der Waals surface area contributed by atoms with E-state index < -0.39 is 0 Å². The van der Waals surface area contributed by atoms with Gasteiger partial charge in [0.15, 0.2) is 0 Å². The van der Waals surface area contributed by atoms with Crippen LogP contribution in [-0.4, -0.2) is 29.8 Å². The van der Waals surface area contributed by atoms with Crippen molar-refractivity contribution in [2.75, 3.05) is 13.7 Å². The fraction of sp³-hybridized carbons (Fsp3) is 0.143. The Hall–Kier alpha value is -3.34. The highest BCUT2D eigenvalue weighted by atomic mass is 16.5. The van der Waals surface area contributed by atoms with Crippen molar-refractivity contribution in [3.63, 3.8) is 0 Å². The third-order valence-electron chi connectivity index (χ3n) is 3.97. The number of ether oxygens (including phenoxy) is 2. The van der Waals surface area contributed by atoms with Gasteiger partial charge in [0.25, 0.3) is 0 Å². The number of nitrogens with zero attached hydrogens (tertiary/aromatic N) is 1. The van der Waals surface area contributed by atoms with E-state index in [1.165, 1.54) is 6.08 Å². The van der Waals surface area contributed by atoms with Crippen LogP contribution < -0.4 is 4.74 Å². The summed E-state index contributed by atoms with van der Waals surface area (Å²) in [5.41, 5.74) is 2.58. The molecule has 3 rings (SSSR count). The van der Waals surface area contributed by atoms with E-state index in [4.69, 9.17) is 9.47 Å². The number of aromatic hydroxyl groups is 1. The highest BCUT2D eigenvalue weighted by Crippen LogP contribution is 2.37. The molecular formula is C21H19NO4. The summed E-state index contributed by atoms with van der Waals surface area (Å²) in [6.07, 6.45) is 4.78. The topological polar surface area (TPSA) is 68.7 Å². The van der Waals surface area contributed by atoms with Gasteiger partial charge in [0.2, 0.25) is 5.88 Å². The first-order valence-corrected chi connectivity index (χ1v) is 8.24. The maximum absolute atomic E-state index is 11.4. The van der Waals surface area contributed by atoms with Gasteiger partial charge in [-0.1, -0.05) is 30.3 Å². The molecule has 26 heavy (non-hydrogen) atoms. The molecule has 1 N–H and O–H groups in total. The number of rotatable bonds is 5. The first-order valence-electron chi connectivity index (χ1n) is 8.24. The fourth-order valence-electron chi connectivity index (χ4n) is 2.77. The smallest absolute Gasteiger partial charge is 0.330 e. The minimum atomic E-state index is -0.369. The molecular weight excluding hydrogens is 330 g/mol. The summed E-state index contributed by atoms with van der Waals surface area (Å²) in [6, 6.07) is 12.9. The predicted molar refractivity (Wildman–Crippen MR) is 101 cm³/mol. The lowest BCUT2D eigenvalue weighted by atomic mass is 9.99. The number of esters is 1. The fourth-order valence-corrected chi connectivity index (χ4v) is 2.77. The van der Waals surface area contributed by atoms with E-state index in [-0.39, 0.29) is 11.7 Å². The highest BCUT2D eigenvalue weighted by molar-refractivity contribution is 6.02. The number of fused-ring (bicyclic) bond motifs is 1. The van der Waals surface area contributed by atoms with Crippen molar-refractivity contribution in [1.82, 2.24) is 4.98 Å². The summed E-state index contributed by atoms with van der Waals surface area (Å²) >= 11 is 0. The van der Waals surface area contributed by atoms with Crippen molar-refractivity contribution < 1.29 is 19.4 Å². The van der Waals surface area contributed by atoms with Gasteiger partial charge in [0.05, 0.1) is 13.7 Å². The molecule has 5 heteroatoms. The van der Waals surface area contributed by atoms with Gasteiger partial charge in [-0.3, -0.25) is 0 Å². The number of hydrogen-bond acceptors (Lipinski definition) is 5. The van der Waals surface area contributed by atoms with Crippen molar-refractivity contribution in [2.45, 2.75) is 6.92 Å². The molecule has 1 aromatic heterocycles. The number of hydrogen-bond donors (Lipinski definition) is 1. The number of benzene rings is 2. The first-order chi connectivity index (χ1) is 12.6. The zero-order chi connectivity index (χ0) is 18.5. The summed E-state index contributed by atoms with van der Waals surface area (Å²) in [7, 11) is 1.55. The summed E-state index contributed by atoms with van der Waals surface area (Å²) in [5, 5.41) is 11.8. The Kier molecular flexibility index (Phi) is 5.17. The van der Waals surface area contributed by atoms with Crippen LogP contribution in [0, 0.1) is 0 Å². The van der Waals surface area contributed by atoms with Crippen molar-refractivity contribution in [1.29, 1.82) is 0 Å². The molecule has 5 nitrogen and oxygen atoms in total. The minimum Gasteiger partial charge on any atom is -0.507 e. The predicted octanol–water partition coefficient (Wildman–Crippen LogP) is 4.19. The summed E-state index contributed by atoms with van der Waals surface area (Å²) in [6.45, 7) is 2.12. The molecule has 3 aromatic rings. The van der Waals surface area contributed by atoms with Crippen LogP contribution in [0.3, 0.4) is 0 Å². The minimum absolute atomic E-state index is 0.171. The number of carbonyl (C=O) groups excluding carboxylic acids is 1. The number of carbonyl (C=O) groups is 1. The molecule has 0 aliphatic heterocycles. The molecule has 0 bridgehead atoms. The number of methoxy groups -OCH3 is 1. The number of aromatic nitrogens is 1. The maximum Gasteiger partial charge on any atom is 0.330 e. The van der Waals surface area contributed by atoms with Crippen molar-refractivity contribution >= 4 is 22.8 Å². The molecule has 132 valence electrons. The molecule has 0 fully saturated rings. The molecule has 0 amide bonds. The standard InChI is InChI=1S/C21H19NO4/c1-3-26-19(24)12-9-14-7-10-15(11-8-14)17-13-22-21(25-2)16-5-4-6-18(23)20(16)17/h4-13,23H,3H2,1-2H3. The Morgan fingerprint density at radius 3 is 2.65 bits per heavy atom. The summed E-state index contributed by atoms with van der Waals surface area (Å²) < 4.78 is 10.2. The van der Waals surface area contributed by atoms with E-state index in [1.54, 1.807) is 38.4 Å². The maximum atomic E-state index is 11.4. The summed E-state index contributed by atoms with van der Waals surface area (Å²) in [5.74, 6) is 0.268. The third kappa shape index (κ3) is 3.52. The van der Waals surface area contributed by atoms with Crippen LogP contribution in [0.2, 0.25) is 0 Å². The molecule has 0 aliphatic rings. The lowest BCUT2D eigenvalue weighted by Gasteiger charge is -2.11. The molecule has 0 atom stereocenters. The van der Waals surface area contributed by atoms with Crippen molar-refractivity contribution in [3.05, 3.63) is 60.3 Å². The van der Waals surface area contributed by atoms with Gasteiger partial charge in [-0.05, 0) is 36.3 Å². The Balaban J connectivity index is 1.99. The van der Waals surface area contributed by atoms with Gasteiger partial charge in [-0.2, -0.15) is 0 Å². The zero-order valence-corrected chi connectivity index (χ0v) is 14.6. The SMILES string of the molecule is CCOC(=O)C=Cc1ccc(-c2cnc(OC)c3cccc(O)c23)cc1. The van der Waals surface area contributed by atoms with Crippen molar-refractivity contribution in [3.8, 4) is 22.8 Å². The second-order valence-corrected chi connectivity index (χ2v) is 5.59. The number of phenols is 1. The van der Waals surface area contributed by atoms with E-state index in [2.05, 4.69) is 4.98 Å². The monoisotopic (exact) mass is 349 g/mol. The van der Waals surface area contributed by atoms with Gasteiger partial charge in [-0.25, -0.2) is 9.78 Å². The summed E-state index contributed by atoms with van der Waals surface area (Å²) in [4.78, 5) is 15.7. The Morgan fingerprint density at radius 2 is 1.96 bits per heavy atom. The van der Waals surface area contributed by atoms with Crippen LogP contribution in [0.4, 0.5) is 0 Å². The van der Waals surface area contributed by atoms with Crippen LogP contribution in [0.15, 0.2) is 54.7 Å². The molecule has 0 aliphatic carbocycles. The van der Waals surface area contributed by atoms with Crippen LogP contribution in [-0.2, 0) is 9.53 Å². The highest BCUT2D eigenvalue weighted by Gasteiger charge is 2.12. The average Bonchev–Trinajstić information content (AvgIpc) is 2.66. The van der Waals surface area contributed by atoms with Gasteiger partial charge in [0.1, 0.15) is 5.75 Å². The largest absolute Gasteiger partial charge is 0.507 e. The van der Waals surface area contributed by atoms with E-state index >= 15 is 0 Å². The van der Waals surface area contributed by atoms with Gasteiger partial charge >= 0.3 is 5.97 Å². The second-order valence-electron chi connectivity index (χ2n) is 5.59. The second kappa shape index (κ2) is 7.70. The first kappa shape index (κ1) is 17.5. The molecule has 0 spiro atoms. The molecule has 2 aromatic carbocycles. The third-order valence-corrected chi connectivity index (χ3v) is 3.97. The lowest BCUT2D eigenvalue weighted by molar-refractivity contribution is -0.137. The molecule has 0 unspecified atom stereocenters. The Bertz CT molecular complexity index is 962. The van der Waals surface area contributed by atoms with Crippen molar-refractivity contribution in [2.24, 2.45) is 0 Å². The van der Waals surface area contributed by atoms with Crippen LogP contribution in [0.25, 0.3) is 28.0 Å². The zero-order valence-electron chi connectivity index (χ0n) is 14.6. The Labute approximate surface area is 151 Å².